The molecule has 0 fully saturated rings. The Bertz CT molecular complexity index is 611. The highest BCUT2D eigenvalue weighted by Gasteiger charge is 2.32. The summed E-state index contributed by atoms with van der Waals surface area (Å²) in [6, 6.07) is 7.00. The van der Waals surface area contributed by atoms with E-state index in [1.807, 2.05) is 37.4 Å². The molecule has 1 aliphatic rings. The second kappa shape index (κ2) is 8.06. The molecule has 0 aliphatic carbocycles. The van der Waals surface area contributed by atoms with E-state index < -0.39 is 6.04 Å². The molecule has 0 spiro atoms. The summed E-state index contributed by atoms with van der Waals surface area (Å²) in [4.78, 5) is 25.3. The van der Waals surface area contributed by atoms with Crippen LogP contribution in [0.1, 0.15) is 38.3 Å². The zero-order chi connectivity index (χ0) is 16.8. The fourth-order valence-corrected chi connectivity index (χ4v) is 2.81. The summed E-state index contributed by atoms with van der Waals surface area (Å²) in [5.41, 5.74) is 1.85. The third-order valence-electron chi connectivity index (χ3n) is 3.67. The van der Waals surface area contributed by atoms with Crippen LogP contribution in [0.4, 0.5) is 4.79 Å². The van der Waals surface area contributed by atoms with Gasteiger partial charge in [-0.05, 0) is 37.3 Å². The molecule has 6 heteroatoms. The van der Waals surface area contributed by atoms with Crippen molar-refractivity contribution >= 4 is 23.8 Å². The number of amides is 2. The number of hydrogen-bond acceptors (Lipinski definition) is 4. The highest BCUT2D eigenvalue weighted by molar-refractivity contribution is 7.98. The Kier molecular flexibility index (Phi) is 6.10. The topological polar surface area (TPSA) is 67.4 Å². The lowest BCUT2D eigenvalue weighted by atomic mass is 9.95. The van der Waals surface area contributed by atoms with E-state index in [1.54, 1.807) is 18.7 Å². The Morgan fingerprint density at radius 3 is 2.61 bits per heavy atom. The van der Waals surface area contributed by atoms with Gasteiger partial charge in [-0.15, -0.1) is 11.8 Å². The van der Waals surface area contributed by atoms with Crippen LogP contribution in [0.3, 0.4) is 0 Å². The predicted octanol–water partition coefficient (Wildman–Crippen LogP) is 3.38. The molecule has 1 atom stereocenters. The van der Waals surface area contributed by atoms with Gasteiger partial charge in [0.05, 0.1) is 18.2 Å². The van der Waals surface area contributed by atoms with Crippen molar-refractivity contribution in [2.75, 3.05) is 12.9 Å². The number of urea groups is 1. The molecule has 124 valence electrons. The molecule has 2 rings (SSSR count). The van der Waals surface area contributed by atoms with Gasteiger partial charge in [0, 0.05) is 10.6 Å². The molecule has 2 amide bonds. The minimum Gasteiger partial charge on any atom is -0.462 e. The van der Waals surface area contributed by atoms with Gasteiger partial charge in [-0.25, -0.2) is 9.59 Å². The summed E-state index contributed by atoms with van der Waals surface area (Å²) in [6.07, 6.45) is 3.78. The van der Waals surface area contributed by atoms with Gasteiger partial charge < -0.3 is 15.4 Å². The fraction of sp³-hybridized carbons (Fsp3) is 0.412. The molecule has 1 unspecified atom stereocenters. The Morgan fingerprint density at radius 1 is 1.30 bits per heavy atom. The number of carbonyl (C=O) groups excluding carboxylic acids is 2. The number of carbonyl (C=O) groups is 2. The maximum absolute atomic E-state index is 12.4. The minimum atomic E-state index is -0.492. The van der Waals surface area contributed by atoms with Crippen LogP contribution in [0.5, 0.6) is 0 Å². The second-order valence-electron chi connectivity index (χ2n) is 5.33. The minimum absolute atomic E-state index is 0.313. The first-order chi connectivity index (χ1) is 11.1. The fourth-order valence-electron chi connectivity index (χ4n) is 2.40. The van der Waals surface area contributed by atoms with E-state index in [9.17, 15) is 9.59 Å². The molecule has 5 nitrogen and oxygen atoms in total. The zero-order valence-electron chi connectivity index (χ0n) is 13.6. The monoisotopic (exact) mass is 334 g/mol. The van der Waals surface area contributed by atoms with Crippen LogP contribution in [0.15, 0.2) is 40.4 Å². The molecule has 1 heterocycles. The number of ether oxygens (including phenoxy) is 1. The van der Waals surface area contributed by atoms with Gasteiger partial charge >= 0.3 is 12.0 Å². The number of thioether (sulfide) groups is 1. The molecule has 1 aromatic rings. The van der Waals surface area contributed by atoms with E-state index >= 15 is 0 Å². The highest BCUT2D eigenvalue weighted by Crippen LogP contribution is 2.29. The van der Waals surface area contributed by atoms with Crippen molar-refractivity contribution in [3.8, 4) is 0 Å². The number of rotatable bonds is 6. The van der Waals surface area contributed by atoms with Gasteiger partial charge in [0.25, 0.3) is 0 Å². The molecular weight excluding hydrogens is 312 g/mol. The molecule has 2 N–H and O–H groups in total. The van der Waals surface area contributed by atoms with Gasteiger partial charge in [-0.3, -0.25) is 0 Å². The van der Waals surface area contributed by atoms with Crippen LogP contribution in [-0.2, 0) is 9.53 Å². The van der Waals surface area contributed by atoms with E-state index in [1.165, 1.54) is 0 Å². The third kappa shape index (κ3) is 4.28. The van der Waals surface area contributed by atoms with Crippen molar-refractivity contribution in [3.05, 3.63) is 41.1 Å². The quantitative estimate of drug-likeness (QED) is 0.475. The predicted molar refractivity (Wildman–Crippen MR) is 91.2 cm³/mol. The van der Waals surface area contributed by atoms with Crippen molar-refractivity contribution < 1.29 is 14.3 Å². The van der Waals surface area contributed by atoms with Crippen LogP contribution in [0.25, 0.3) is 0 Å². The van der Waals surface area contributed by atoms with Crippen molar-refractivity contribution in [1.82, 2.24) is 10.6 Å². The van der Waals surface area contributed by atoms with E-state index in [-0.39, 0.29) is 12.0 Å². The molecule has 1 aliphatic heterocycles. The first-order valence-corrected chi connectivity index (χ1v) is 8.88. The summed E-state index contributed by atoms with van der Waals surface area (Å²) in [7, 11) is 0. The Labute approximate surface area is 140 Å². The maximum atomic E-state index is 12.4. The van der Waals surface area contributed by atoms with Gasteiger partial charge in [-0.2, -0.15) is 0 Å². The largest absolute Gasteiger partial charge is 0.462 e. The maximum Gasteiger partial charge on any atom is 0.338 e. The van der Waals surface area contributed by atoms with E-state index in [0.29, 0.717) is 17.9 Å². The lowest BCUT2D eigenvalue weighted by molar-refractivity contribution is -0.139. The highest BCUT2D eigenvalue weighted by atomic mass is 32.2. The zero-order valence-corrected chi connectivity index (χ0v) is 14.5. The van der Waals surface area contributed by atoms with Gasteiger partial charge in [0.1, 0.15) is 0 Å². The first kappa shape index (κ1) is 17.4. The second-order valence-corrected chi connectivity index (χ2v) is 6.21. The number of allylic oxidation sites excluding steroid dienone is 1. The number of hydrogen-bond donors (Lipinski definition) is 2. The van der Waals surface area contributed by atoms with Crippen molar-refractivity contribution in [2.24, 2.45) is 0 Å². The summed E-state index contributed by atoms with van der Waals surface area (Å²) in [5, 5.41) is 5.45. The van der Waals surface area contributed by atoms with Crippen LogP contribution >= 0.6 is 11.8 Å². The Balaban J connectivity index is 2.27. The Morgan fingerprint density at radius 2 is 2.00 bits per heavy atom. The summed E-state index contributed by atoms with van der Waals surface area (Å²) >= 11 is 1.64. The van der Waals surface area contributed by atoms with Crippen LogP contribution < -0.4 is 10.6 Å². The van der Waals surface area contributed by atoms with Crippen LogP contribution in [-0.4, -0.2) is 24.9 Å². The molecule has 0 saturated heterocycles. The van der Waals surface area contributed by atoms with E-state index in [2.05, 4.69) is 10.6 Å². The lowest BCUT2D eigenvalue weighted by Gasteiger charge is -2.28. The third-order valence-corrected chi connectivity index (χ3v) is 4.41. The van der Waals surface area contributed by atoms with Crippen molar-refractivity contribution in [2.45, 2.75) is 37.6 Å². The molecule has 0 radical (unpaired) electrons. The smallest absolute Gasteiger partial charge is 0.338 e. The molecule has 1 aromatic carbocycles. The summed E-state index contributed by atoms with van der Waals surface area (Å²) < 4.78 is 5.33. The van der Waals surface area contributed by atoms with Gasteiger partial charge in [-0.1, -0.05) is 25.5 Å². The van der Waals surface area contributed by atoms with Gasteiger partial charge in [0.2, 0.25) is 0 Å². The molecule has 0 saturated carbocycles. The summed E-state index contributed by atoms with van der Waals surface area (Å²) in [5.74, 6) is -0.387. The molecule has 23 heavy (non-hydrogen) atoms. The summed E-state index contributed by atoms with van der Waals surface area (Å²) in [6.45, 7) is 4.15. The lowest BCUT2D eigenvalue weighted by Crippen LogP contribution is -2.45. The Hall–Kier alpha value is -1.95. The van der Waals surface area contributed by atoms with Crippen molar-refractivity contribution in [1.29, 1.82) is 0 Å². The van der Waals surface area contributed by atoms with E-state index in [0.717, 1.165) is 23.3 Å². The first-order valence-electron chi connectivity index (χ1n) is 7.66. The molecular formula is C17H22N2O3S. The molecule has 0 bridgehead atoms. The number of unbranched alkanes of at least 4 members (excludes halogenated alkanes) is 1. The standard InChI is InChI=1S/C17H22N2O3S/c1-4-5-10-22-16(20)14-11(2)18-17(21)19-15(14)12-6-8-13(23-3)9-7-12/h6-9,15H,4-5,10H2,1-3H3,(H2,18,19,21). The number of benzene rings is 1. The number of esters is 1. The average Bonchev–Trinajstić information content (AvgIpc) is 2.54. The van der Waals surface area contributed by atoms with Gasteiger partial charge in [0.15, 0.2) is 0 Å². The van der Waals surface area contributed by atoms with E-state index in [4.69, 9.17) is 4.74 Å². The van der Waals surface area contributed by atoms with Crippen LogP contribution in [0, 0.1) is 0 Å². The van der Waals surface area contributed by atoms with Crippen molar-refractivity contribution in [3.63, 3.8) is 0 Å². The van der Waals surface area contributed by atoms with Crippen LogP contribution in [0.2, 0.25) is 0 Å². The SMILES string of the molecule is CCCCOC(=O)C1=C(C)NC(=O)NC1c1ccc(SC)cc1. The number of nitrogens with one attached hydrogen (secondary N) is 2. The average molecular weight is 334 g/mol. The normalized spacial score (nSPS) is 17.5. The molecule has 0 aromatic heterocycles.